The number of ether oxygens (including phenoxy) is 2. The molecule has 0 spiro atoms. The summed E-state index contributed by atoms with van der Waals surface area (Å²) in [7, 11) is 5.26. The van der Waals surface area contributed by atoms with Crippen LogP contribution in [-0.2, 0) is 14.3 Å². The molecule has 2 fully saturated rings. The summed E-state index contributed by atoms with van der Waals surface area (Å²) in [5.41, 5.74) is 1.06. The minimum atomic E-state index is -0.299. The van der Waals surface area contributed by atoms with Gasteiger partial charge in [-0.3, -0.25) is 14.4 Å². The van der Waals surface area contributed by atoms with Crippen LogP contribution in [0.1, 0.15) is 55.3 Å². The van der Waals surface area contributed by atoms with Gasteiger partial charge in [0.25, 0.3) is 5.91 Å². The van der Waals surface area contributed by atoms with Crippen molar-refractivity contribution in [3.63, 3.8) is 0 Å². The number of carbonyl (C=O) groups is 3. The van der Waals surface area contributed by atoms with Crippen molar-refractivity contribution in [2.45, 2.75) is 63.2 Å². The molecule has 2 heterocycles. The molecule has 0 bridgehead atoms. The van der Waals surface area contributed by atoms with Crippen molar-refractivity contribution in [3.05, 3.63) is 23.8 Å². The van der Waals surface area contributed by atoms with Gasteiger partial charge in [-0.2, -0.15) is 0 Å². The van der Waals surface area contributed by atoms with Crippen molar-refractivity contribution >= 4 is 23.4 Å². The minimum Gasteiger partial charge on any atom is -0.490 e. The molecule has 0 unspecified atom stereocenters. The second-order valence-electron chi connectivity index (χ2n) is 9.34. The molecule has 3 aliphatic rings. The van der Waals surface area contributed by atoms with Crippen LogP contribution >= 0.6 is 0 Å². The number of likely N-dealkylation sites (N-methyl/N-ethyl adjacent to an activating group) is 1. The molecule has 1 saturated carbocycles. The highest BCUT2D eigenvalue weighted by atomic mass is 16.5. The van der Waals surface area contributed by atoms with E-state index in [9.17, 15) is 14.4 Å². The lowest BCUT2D eigenvalue weighted by atomic mass is 9.94. The summed E-state index contributed by atoms with van der Waals surface area (Å²) in [6, 6.07) is 5.10. The van der Waals surface area contributed by atoms with Gasteiger partial charge < -0.3 is 24.6 Å². The molecule has 0 radical (unpaired) electrons. The highest BCUT2D eigenvalue weighted by Crippen LogP contribution is 2.33. The van der Waals surface area contributed by atoms with Crippen LogP contribution in [-0.4, -0.2) is 73.5 Å². The highest BCUT2D eigenvalue weighted by molar-refractivity contribution is 6.00. The molecule has 1 N–H and O–H groups in total. The quantitative estimate of drug-likeness (QED) is 0.773. The van der Waals surface area contributed by atoms with Gasteiger partial charge in [0.15, 0.2) is 0 Å². The number of anilines is 1. The highest BCUT2D eigenvalue weighted by Gasteiger charge is 2.39. The normalized spacial score (nSPS) is 25.8. The van der Waals surface area contributed by atoms with Crippen LogP contribution in [0, 0.1) is 5.92 Å². The lowest BCUT2D eigenvalue weighted by Crippen LogP contribution is -2.53. The Morgan fingerprint density at radius 2 is 1.91 bits per heavy atom. The van der Waals surface area contributed by atoms with Gasteiger partial charge in [-0.25, -0.2) is 0 Å². The average molecular weight is 444 g/mol. The maximum Gasteiger partial charge on any atom is 0.257 e. The largest absolute Gasteiger partial charge is 0.490 e. The molecule has 4 rings (SSSR count). The van der Waals surface area contributed by atoms with Crippen LogP contribution in [0.5, 0.6) is 5.75 Å². The molecule has 1 saturated heterocycles. The van der Waals surface area contributed by atoms with Crippen LogP contribution in [0.3, 0.4) is 0 Å². The van der Waals surface area contributed by atoms with Crippen molar-refractivity contribution in [3.8, 4) is 5.75 Å². The van der Waals surface area contributed by atoms with Gasteiger partial charge >= 0.3 is 0 Å². The van der Waals surface area contributed by atoms with Gasteiger partial charge in [0.1, 0.15) is 18.5 Å². The zero-order chi connectivity index (χ0) is 22.8. The fourth-order valence-electron chi connectivity index (χ4n) is 4.91. The Morgan fingerprint density at radius 3 is 2.62 bits per heavy atom. The number of hydrogen-bond donors (Lipinski definition) is 1. The predicted molar refractivity (Wildman–Crippen MR) is 120 cm³/mol. The fourth-order valence-corrected chi connectivity index (χ4v) is 4.91. The topological polar surface area (TPSA) is 88.2 Å². The Morgan fingerprint density at radius 1 is 1.16 bits per heavy atom. The van der Waals surface area contributed by atoms with Crippen LogP contribution in [0.4, 0.5) is 5.69 Å². The van der Waals surface area contributed by atoms with Crippen LogP contribution in [0.2, 0.25) is 0 Å². The number of nitrogens with zero attached hydrogens (tertiary/aromatic N) is 2. The second-order valence-corrected chi connectivity index (χ2v) is 9.34. The van der Waals surface area contributed by atoms with Crippen molar-refractivity contribution in [1.29, 1.82) is 0 Å². The maximum absolute atomic E-state index is 13.3. The summed E-state index contributed by atoms with van der Waals surface area (Å²) in [5.74, 6) is 0.433. The second kappa shape index (κ2) is 9.48. The van der Waals surface area contributed by atoms with Crippen LogP contribution < -0.4 is 10.1 Å². The number of rotatable bonds is 4. The third-order valence-electron chi connectivity index (χ3n) is 6.91. The lowest BCUT2D eigenvalue weighted by molar-refractivity contribution is -0.140. The predicted octanol–water partition coefficient (Wildman–Crippen LogP) is 2.67. The molecule has 3 atom stereocenters. The van der Waals surface area contributed by atoms with Gasteiger partial charge in [0, 0.05) is 32.7 Å². The first-order valence-corrected chi connectivity index (χ1v) is 11.5. The van der Waals surface area contributed by atoms with Crippen molar-refractivity contribution in [1.82, 2.24) is 9.80 Å². The van der Waals surface area contributed by atoms with E-state index >= 15 is 0 Å². The van der Waals surface area contributed by atoms with E-state index < -0.39 is 0 Å². The average Bonchev–Trinajstić information content (AvgIpc) is 3.32. The summed E-state index contributed by atoms with van der Waals surface area (Å²) in [6.45, 7) is 0.301. The molecule has 32 heavy (non-hydrogen) atoms. The number of fused-ring (bicyclic) bond motifs is 2. The summed E-state index contributed by atoms with van der Waals surface area (Å²) < 4.78 is 12.2. The minimum absolute atomic E-state index is 0.0223. The Labute approximate surface area is 189 Å². The number of hydrogen-bond acceptors (Lipinski definition) is 5. The van der Waals surface area contributed by atoms with Gasteiger partial charge in [0.05, 0.1) is 24.1 Å². The van der Waals surface area contributed by atoms with Gasteiger partial charge in [0.2, 0.25) is 11.8 Å². The van der Waals surface area contributed by atoms with Crippen LogP contribution in [0.25, 0.3) is 0 Å². The molecular formula is C24H33N3O5. The smallest absolute Gasteiger partial charge is 0.257 e. The molecule has 1 aliphatic carbocycles. The Balaban J connectivity index is 1.48. The standard InChI is InChI=1S/C24H33N3O5/c1-26(2)22(28)13-17-9-10-19-21(32-17)14-31-20-11-8-16(12-18(20)24(30)27(19)3)25-23(29)15-6-4-5-7-15/h8,11-12,15,17,19,21H,4-7,9-10,13-14H2,1-3H3,(H,25,29)/t17-,19-,21+/m1/s1. The van der Waals surface area contributed by atoms with E-state index in [1.54, 1.807) is 49.1 Å². The Kier molecular flexibility index (Phi) is 6.69. The van der Waals surface area contributed by atoms with E-state index in [1.165, 1.54) is 0 Å². The first-order chi connectivity index (χ1) is 15.3. The molecule has 2 aliphatic heterocycles. The first kappa shape index (κ1) is 22.6. The number of benzene rings is 1. The van der Waals surface area contributed by atoms with Gasteiger partial charge in [-0.1, -0.05) is 12.8 Å². The number of amides is 3. The summed E-state index contributed by atoms with van der Waals surface area (Å²) in [6.07, 6.45) is 5.34. The Hall–Kier alpha value is -2.61. The van der Waals surface area contributed by atoms with Crippen molar-refractivity contribution < 1.29 is 23.9 Å². The zero-order valence-corrected chi connectivity index (χ0v) is 19.1. The molecule has 8 heteroatoms. The molecule has 3 amide bonds. The maximum atomic E-state index is 13.3. The fraction of sp³-hybridized carbons (Fsp3) is 0.625. The monoisotopic (exact) mass is 443 g/mol. The molecular weight excluding hydrogens is 410 g/mol. The van der Waals surface area contributed by atoms with E-state index in [0.29, 0.717) is 36.4 Å². The van der Waals surface area contributed by atoms with Crippen LogP contribution in [0.15, 0.2) is 18.2 Å². The van der Waals surface area contributed by atoms with E-state index in [4.69, 9.17) is 9.47 Å². The number of carbonyl (C=O) groups excluding carboxylic acids is 3. The van der Waals surface area contributed by atoms with Gasteiger partial charge in [-0.15, -0.1) is 0 Å². The first-order valence-electron chi connectivity index (χ1n) is 11.5. The summed E-state index contributed by atoms with van der Waals surface area (Å²) >= 11 is 0. The zero-order valence-electron chi connectivity index (χ0n) is 19.1. The van der Waals surface area contributed by atoms with Gasteiger partial charge in [-0.05, 0) is 43.9 Å². The van der Waals surface area contributed by atoms with E-state index in [-0.39, 0.29) is 41.9 Å². The van der Waals surface area contributed by atoms with E-state index in [2.05, 4.69) is 5.32 Å². The Bertz CT molecular complexity index is 880. The lowest BCUT2D eigenvalue weighted by Gasteiger charge is -2.42. The molecule has 1 aromatic carbocycles. The third kappa shape index (κ3) is 4.75. The SMILES string of the molecule is CN(C)C(=O)C[C@H]1CC[C@@H]2[C@H](COc3ccc(NC(=O)C4CCCC4)cc3C(=O)N2C)O1. The summed E-state index contributed by atoms with van der Waals surface area (Å²) in [5, 5.41) is 2.97. The number of nitrogens with one attached hydrogen (secondary N) is 1. The van der Waals surface area contributed by atoms with Crippen molar-refractivity contribution in [2.75, 3.05) is 33.1 Å². The molecule has 174 valence electrons. The van der Waals surface area contributed by atoms with E-state index in [0.717, 1.165) is 32.1 Å². The summed E-state index contributed by atoms with van der Waals surface area (Å²) in [4.78, 5) is 41.2. The molecule has 1 aromatic rings. The molecule has 0 aromatic heterocycles. The molecule has 8 nitrogen and oxygen atoms in total. The third-order valence-corrected chi connectivity index (χ3v) is 6.91. The van der Waals surface area contributed by atoms with Crippen molar-refractivity contribution in [2.24, 2.45) is 5.92 Å². The van der Waals surface area contributed by atoms with E-state index in [1.807, 2.05) is 0 Å².